The summed E-state index contributed by atoms with van der Waals surface area (Å²) in [7, 11) is 0. The van der Waals surface area contributed by atoms with Crippen molar-refractivity contribution < 1.29 is 9.90 Å². The smallest absolute Gasteiger partial charge is 0.0783 e. The predicted octanol–water partition coefficient (Wildman–Crippen LogP) is 3.61. The van der Waals surface area contributed by atoms with Gasteiger partial charge in [-0.15, -0.1) is 0 Å². The van der Waals surface area contributed by atoms with Crippen LogP contribution in [0.25, 0.3) is 0 Å². The number of nitrogens with one attached hydrogen (secondary N) is 1. The molecule has 2 fully saturated rings. The summed E-state index contributed by atoms with van der Waals surface area (Å²) in [6, 6.07) is 0.305. The van der Waals surface area contributed by atoms with E-state index in [9.17, 15) is 4.79 Å². The topological polar surface area (TPSA) is 49.3 Å². The Kier molecular flexibility index (Phi) is 8.94. The van der Waals surface area contributed by atoms with Gasteiger partial charge in [0.2, 0.25) is 0 Å². The summed E-state index contributed by atoms with van der Waals surface area (Å²) in [6.07, 6.45) is 14.6. The van der Waals surface area contributed by atoms with Gasteiger partial charge in [-0.2, -0.15) is 6.41 Å². The molecule has 0 bridgehead atoms. The maximum absolute atomic E-state index is 10.0. The van der Waals surface area contributed by atoms with E-state index < -0.39 is 0 Å². The summed E-state index contributed by atoms with van der Waals surface area (Å²) < 4.78 is 0. The van der Waals surface area contributed by atoms with E-state index in [0.717, 1.165) is 25.2 Å². The Morgan fingerprint density at radius 2 is 2.00 bits per heavy atom. The Morgan fingerprint density at radius 1 is 1.37 bits per heavy atom. The fraction of sp³-hybridized carbons (Fsp3) is 0.800. The van der Waals surface area contributed by atoms with E-state index in [1.165, 1.54) is 50.4 Å². The summed E-state index contributed by atoms with van der Waals surface area (Å²) in [5.74, 6) is 0.921. The van der Waals surface area contributed by atoms with Gasteiger partial charge in [0.1, 0.15) is 0 Å². The van der Waals surface area contributed by atoms with Crippen LogP contribution < -0.4 is 5.32 Å². The van der Waals surface area contributed by atoms with E-state index in [1.54, 1.807) is 6.41 Å². The zero-order valence-corrected chi connectivity index (χ0v) is 14.1. The molecule has 0 saturated heterocycles. The van der Waals surface area contributed by atoms with Gasteiger partial charge < -0.3 is 15.2 Å². The second-order valence-electron chi connectivity index (χ2n) is 5.52. The second kappa shape index (κ2) is 9.98. The molecule has 2 aliphatic rings. The molecule has 0 spiro atoms. The Balaban J connectivity index is 0.000000454. The molecule has 0 aromatic heterocycles. The van der Waals surface area contributed by atoms with E-state index in [-0.39, 0.29) is 0 Å². The van der Waals surface area contributed by atoms with Crippen LogP contribution in [-0.4, -0.2) is 17.6 Å². The molecule has 1 unspecified atom stereocenters. The first-order valence-corrected chi connectivity index (χ1v) is 7.21. The maximum atomic E-state index is 10.0. The van der Waals surface area contributed by atoms with Crippen molar-refractivity contribution in [3.05, 3.63) is 11.8 Å². The average molecular weight is 509 g/mol. The number of rotatable bonds is 5. The number of hydrogen-bond donors (Lipinski definition) is 2. The number of carbonyl (C=O) groups excluding carboxylic acids is 1. The fourth-order valence-electron chi connectivity index (χ4n) is 2.34. The van der Waals surface area contributed by atoms with Gasteiger partial charge in [0.05, 0.1) is 6.26 Å². The molecule has 4 heteroatoms. The molecule has 0 aromatic rings. The standard InChI is InChI=1S/C11H20NO.C4H6O.Fm/c1-10(12-9-13)7-8-11-5-3-2-4-6-11;5-3-4-1-2-4;/h10-11H,2-8H2,1H3,(H,12,13);3,5H,1-2H2;/q-1;;. The van der Waals surface area contributed by atoms with Crippen molar-refractivity contribution in [2.24, 2.45) is 5.92 Å². The van der Waals surface area contributed by atoms with Gasteiger partial charge in [0.25, 0.3) is 0 Å². The Labute approximate surface area is 111 Å². The number of hydrogen-bond acceptors (Lipinski definition) is 2. The van der Waals surface area contributed by atoms with E-state index in [0.29, 0.717) is 6.04 Å². The molecule has 0 aliphatic heterocycles. The first-order valence-electron chi connectivity index (χ1n) is 7.21. The van der Waals surface area contributed by atoms with Gasteiger partial charge in [-0.1, -0.05) is 32.1 Å². The van der Waals surface area contributed by atoms with Crippen LogP contribution in [0.5, 0.6) is 0 Å². The van der Waals surface area contributed by atoms with Gasteiger partial charge >= 0.3 is 0 Å². The zero-order chi connectivity index (χ0) is 13.2. The van der Waals surface area contributed by atoms with Crippen molar-refractivity contribution in [1.82, 2.24) is 5.32 Å². The van der Waals surface area contributed by atoms with Gasteiger partial charge in [-0.05, 0) is 50.1 Å². The molecule has 3 nitrogen and oxygen atoms in total. The molecule has 2 aliphatic carbocycles. The SMILES string of the molecule is CC(CCC1CCCCC1)N[C-]=O.OC=C1CC1.[Fm]. The van der Waals surface area contributed by atoms with Crippen LogP contribution >= 0.6 is 0 Å². The van der Waals surface area contributed by atoms with Crippen LogP contribution in [-0.2, 0) is 4.79 Å². The third-order valence-corrected chi connectivity index (χ3v) is 3.76. The number of aliphatic hydroxyl groups excluding tert-OH is 1. The third kappa shape index (κ3) is 8.70. The van der Waals surface area contributed by atoms with Crippen molar-refractivity contribution in [3.63, 3.8) is 0 Å². The van der Waals surface area contributed by atoms with Crippen LogP contribution in [0.15, 0.2) is 11.8 Å². The summed E-state index contributed by atoms with van der Waals surface area (Å²) >= 11 is 0. The monoisotopic (exact) mass is 509 g/mol. The molecular formula is C15H26FmNO2-. The van der Waals surface area contributed by atoms with Crippen molar-refractivity contribution in [2.45, 2.75) is 70.8 Å². The van der Waals surface area contributed by atoms with Crippen LogP contribution in [0.2, 0.25) is 0 Å². The number of allylic oxidation sites excluding steroid dienone is 1. The Bertz CT molecular complexity index is 257. The summed E-state index contributed by atoms with van der Waals surface area (Å²) in [4.78, 5) is 10.0. The normalized spacial score (nSPS) is 19.3. The van der Waals surface area contributed by atoms with E-state index in [4.69, 9.17) is 5.11 Å². The van der Waals surface area contributed by atoms with Gasteiger partial charge in [0.15, 0.2) is 0 Å². The molecule has 2 rings (SSSR count). The minimum absolute atomic E-state index is 0. The largest absolute Gasteiger partial charge is 0.528 e. The zero-order valence-electron chi connectivity index (χ0n) is 11.7. The summed E-state index contributed by atoms with van der Waals surface area (Å²) in [6.45, 7) is 2.05. The fourth-order valence-corrected chi connectivity index (χ4v) is 2.34. The number of amides is 1. The third-order valence-electron chi connectivity index (χ3n) is 3.76. The van der Waals surface area contributed by atoms with E-state index in [2.05, 4.69) is 5.32 Å². The maximum Gasteiger partial charge on any atom is 0.0783 e. The molecule has 1 amide bonds. The van der Waals surface area contributed by atoms with Gasteiger partial charge in [-0.3, -0.25) is 0 Å². The molecule has 2 saturated carbocycles. The summed E-state index contributed by atoms with van der Waals surface area (Å²) in [5, 5.41) is 10.7. The van der Waals surface area contributed by atoms with E-state index >= 15 is 0 Å². The Hall–Kier alpha value is -1.99. The quantitative estimate of drug-likeness (QED) is 0.338. The van der Waals surface area contributed by atoms with Crippen LogP contribution in [0.1, 0.15) is 64.7 Å². The van der Waals surface area contributed by atoms with Crippen molar-refractivity contribution in [1.29, 1.82) is 0 Å². The molecule has 1 atom stereocenters. The minimum atomic E-state index is 0. The molecular weight excluding hydrogens is 483 g/mol. The molecule has 19 heavy (non-hydrogen) atoms. The summed E-state index contributed by atoms with van der Waals surface area (Å²) in [5.41, 5.74) is 1.19. The molecule has 0 heterocycles. The van der Waals surface area contributed by atoms with Gasteiger partial charge in [0, 0.05) is 0 Å². The molecule has 116 valence electrons. The first kappa shape index (κ1) is 17.0. The predicted molar refractivity (Wildman–Crippen MR) is 74.0 cm³/mol. The van der Waals surface area contributed by atoms with Crippen molar-refractivity contribution in [2.75, 3.05) is 0 Å². The van der Waals surface area contributed by atoms with Gasteiger partial charge in [-0.25, -0.2) is 0 Å². The average Bonchev–Trinajstić information content (AvgIpc) is 3.23. The number of aliphatic hydroxyl groups is 1. The van der Waals surface area contributed by atoms with E-state index in [1.807, 2.05) is 6.92 Å². The molecule has 0 aromatic carbocycles. The van der Waals surface area contributed by atoms with Crippen molar-refractivity contribution >= 4 is 6.41 Å². The van der Waals surface area contributed by atoms with Crippen LogP contribution in [0.3, 0.4) is 0 Å². The second-order valence-corrected chi connectivity index (χ2v) is 5.52. The first-order chi connectivity index (χ1) is 8.76. The molecule has 2 N–H and O–H groups in total. The Morgan fingerprint density at radius 3 is 2.42 bits per heavy atom. The van der Waals surface area contributed by atoms with Crippen LogP contribution in [0.4, 0.5) is 0 Å². The van der Waals surface area contributed by atoms with Crippen LogP contribution in [0, 0.1) is 5.92 Å². The minimum Gasteiger partial charge on any atom is -0.528 e. The van der Waals surface area contributed by atoms with Crippen molar-refractivity contribution in [3.8, 4) is 0 Å². The molecule has 0 radical (unpaired) electrons.